The molecule has 2 aromatic rings. The van der Waals surface area contributed by atoms with Crippen molar-refractivity contribution >= 4 is 0 Å². The minimum atomic E-state index is -0.898. The smallest absolute Gasteiger partial charge is 0.159 e. The lowest BCUT2D eigenvalue weighted by molar-refractivity contribution is 0.502. The van der Waals surface area contributed by atoms with Gasteiger partial charge in [-0.05, 0) is 60.8 Å². The highest BCUT2D eigenvalue weighted by Gasteiger charge is 2.18. The Morgan fingerprint density at radius 3 is 2.43 bits per heavy atom. The summed E-state index contributed by atoms with van der Waals surface area (Å²) in [4.78, 5) is 0. The van der Waals surface area contributed by atoms with E-state index in [0.717, 1.165) is 29.7 Å². The third-order valence-electron chi connectivity index (χ3n) is 3.43. The molecule has 0 radical (unpaired) electrons. The molecule has 112 valence electrons. The molecule has 1 unspecified atom stereocenters. The van der Waals surface area contributed by atoms with E-state index in [-0.39, 0.29) is 11.9 Å². The number of nitrogens with one attached hydrogen (secondary N) is 1. The minimum absolute atomic E-state index is 0.346. The van der Waals surface area contributed by atoms with E-state index in [9.17, 15) is 13.2 Å². The fraction of sp³-hybridized carbons (Fsp3) is 0.294. The average Bonchev–Trinajstić information content (AvgIpc) is 2.46. The van der Waals surface area contributed by atoms with Gasteiger partial charge in [-0.25, -0.2) is 13.2 Å². The summed E-state index contributed by atoms with van der Waals surface area (Å²) in [5.74, 6) is -2.13. The molecule has 0 aliphatic rings. The van der Waals surface area contributed by atoms with Crippen LogP contribution in [0.1, 0.15) is 36.1 Å². The lowest BCUT2D eigenvalue weighted by atomic mass is 9.94. The first-order valence-corrected chi connectivity index (χ1v) is 6.97. The van der Waals surface area contributed by atoms with Gasteiger partial charge < -0.3 is 5.32 Å². The maximum atomic E-state index is 13.5. The van der Waals surface area contributed by atoms with Crippen molar-refractivity contribution in [2.75, 3.05) is 6.54 Å². The summed E-state index contributed by atoms with van der Waals surface area (Å²) in [6.45, 7) is 4.57. The maximum Gasteiger partial charge on any atom is 0.159 e. The maximum absolute atomic E-state index is 13.5. The summed E-state index contributed by atoms with van der Waals surface area (Å²) in [5, 5.41) is 3.26. The van der Waals surface area contributed by atoms with E-state index in [1.807, 2.05) is 13.8 Å². The van der Waals surface area contributed by atoms with Crippen molar-refractivity contribution in [3.05, 3.63) is 70.5 Å². The molecule has 0 fully saturated rings. The van der Waals surface area contributed by atoms with Crippen molar-refractivity contribution in [3.63, 3.8) is 0 Å². The molecule has 0 spiro atoms. The van der Waals surface area contributed by atoms with Crippen LogP contribution in [0.3, 0.4) is 0 Å². The second kappa shape index (κ2) is 6.76. The van der Waals surface area contributed by atoms with E-state index >= 15 is 0 Å². The number of aryl methyl sites for hydroxylation is 1. The normalized spacial score (nSPS) is 12.4. The molecule has 1 nitrogen and oxygen atoms in total. The zero-order chi connectivity index (χ0) is 15.4. The summed E-state index contributed by atoms with van der Waals surface area (Å²) >= 11 is 0. The number of hydrogen-bond acceptors (Lipinski definition) is 1. The molecule has 4 heteroatoms. The van der Waals surface area contributed by atoms with Gasteiger partial charge in [0.05, 0.1) is 6.04 Å². The van der Waals surface area contributed by atoms with Crippen LogP contribution in [0.25, 0.3) is 0 Å². The number of hydrogen-bond donors (Lipinski definition) is 1. The van der Waals surface area contributed by atoms with E-state index in [4.69, 9.17) is 0 Å². The molecule has 0 aliphatic heterocycles. The molecule has 0 amide bonds. The molecule has 0 aliphatic carbocycles. The Morgan fingerprint density at radius 2 is 1.76 bits per heavy atom. The van der Waals surface area contributed by atoms with Gasteiger partial charge in [-0.2, -0.15) is 0 Å². The monoisotopic (exact) mass is 293 g/mol. The largest absolute Gasteiger partial charge is 0.306 e. The second-order valence-electron chi connectivity index (χ2n) is 5.06. The predicted molar refractivity (Wildman–Crippen MR) is 77.6 cm³/mol. The molecule has 0 aromatic heterocycles. The molecular weight excluding hydrogens is 275 g/mol. The zero-order valence-corrected chi connectivity index (χ0v) is 12.1. The Kier molecular flexibility index (Phi) is 5.02. The third kappa shape index (κ3) is 3.64. The first-order chi connectivity index (χ1) is 10.0. The Morgan fingerprint density at radius 1 is 1.00 bits per heavy atom. The van der Waals surface area contributed by atoms with Crippen LogP contribution in [0.2, 0.25) is 0 Å². The SMILES string of the molecule is CCCNC(c1ccc(F)c(F)c1)c1cc(F)ccc1C. The molecule has 0 saturated heterocycles. The summed E-state index contributed by atoms with van der Waals surface area (Å²) in [6.07, 6.45) is 0.883. The number of rotatable bonds is 5. The van der Waals surface area contributed by atoms with Crippen molar-refractivity contribution in [2.45, 2.75) is 26.3 Å². The molecular formula is C17H18F3N. The summed E-state index contributed by atoms with van der Waals surface area (Å²) in [7, 11) is 0. The van der Waals surface area contributed by atoms with Gasteiger partial charge in [0.25, 0.3) is 0 Å². The van der Waals surface area contributed by atoms with Crippen LogP contribution in [-0.4, -0.2) is 6.54 Å². The molecule has 0 saturated carbocycles. The van der Waals surface area contributed by atoms with E-state index in [0.29, 0.717) is 12.1 Å². The second-order valence-corrected chi connectivity index (χ2v) is 5.06. The molecule has 1 N–H and O–H groups in total. The topological polar surface area (TPSA) is 12.0 Å². The summed E-state index contributed by atoms with van der Waals surface area (Å²) in [5.41, 5.74) is 2.21. The molecule has 0 bridgehead atoms. The highest BCUT2D eigenvalue weighted by molar-refractivity contribution is 5.37. The molecule has 1 atom stereocenters. The summed E-state index contributed by atoms with van der Waals surface area (Å²) in [6, 6.07) is 7.93. The van der Waals surface area contributed by atoms with Crippen molar-refractivity contribution in [1.82, 2.24) is 5.32 Å². The highest BCUT2D eigenvalue weighted by atomic mass is 19.2. The van der Waals surface area contributed by atoms with Crippen molar-refractivity contribution in [1.29, 1.82) is 0 Å². The van der Waals surface area contributed by atoms with Gasteiger partial charge in [-0.15, -0.1) is 0 Å². The fourth-order valence-corrected chi connectivity index (χ4v) is 2.31. The first-order valence-electron chi connectivity index (χ1n) is 6.97. The average molecular weight is 293 g/mol. The van der Waals surface area contributed by atoms with E-state index in [2.05, 4.69) is 5.32 Å². The van der Waals surface area contributed by atoms with E-state index in [1.165, 1.54) is 18.2 Å². The van der Waals surface area contributed by atoms with Gasteiger partial charge in [0.2, 0.25) is 0 Å². The minimum Gasteiger partial charge on any atom is -0.306 e. The first kappa shape index (κ1) is 15.6. The van der Waals surface area contributed by atoms with Gasteiger partial charge in [0.15, 0.2) is 11.6 Å². The van der Waals surface area contributed by atoms with Crippen LogP contribution in [0, 0.1) is 24.4 Å². The van der Waals surface area contributed by atoms with Crippen LogP contribution in [0.5, 0.6) is 0 Å². The van der Waals surface area contributed by atoms with Gasteiger partial charge in [0.1, 0.15) is 5.82 Å². The lowest BCUT2D eigenvalue weighted by Gasteiger charge is -2.21. The molecule has 2 rings (SSSR count). The molecule has 21 heavy (non-hydrogen) atoms. The Bertz CT molecular complexity index is 625. The van der Waals surface area contributed by atoms with Crippen molar-refractivity contribution in [2.24, 2.45) is 0 Å². The van der Waals surface area contributed by atoms with Gasteiger partial charge in [0, 0.05) is 0 Å². The van der Waals surface area contributed by atoms with E-state index < -0.39 is 11.6 Å². The third-order valence-corrected chi connectivity index (χ3v) is 3.43. The van der Waals surface area contributed by atoms with Crippen molar-refractivity contribution < 1.29 is 13.2 Å². The Balaban J connectivity index is 2.46. The van der Waals surface area contributed by atoms with Crippen LogP contribution in [-0.2, 0) is 0 Å². The Labute approximate surface area is 122 Å². The summed E-state index contributed by atoms with van der Waals surface area (Å²) < 4.78 is 40.1. The van der Waals surface area contributed by atoms with Gasteiger partial charge in [-0.1, -0.05) is 19.1 Å². The standard InChI is InChI=1S/C17H18F3N/c1-3-8-21-17(12-5-7-15(19)16(20)9-12)14-10-13(18)6-4-11(14)2/h4-7,9-10,17,21H,3,8H2,1-2H3. The molecule has 0 heterocycles. The van der Waals surface area contributed by atoms with Crippen LogP contribution in [0.4, 0.5) is 13.2 Å². The van der Waals surface area contributed by atoms with Gasteiger partial charge in [-0.3, -0.25) is 0 Å². The predicted octanol–water partition coefficient (Wildman–Crippen LogP) is 4.50. The number of halogens is 3. The van der Waals surface area contributed by atoms with E-state index in [1.54, 1.807) is 6.07 Å². The zero-order valence-electron chi connectivity index (χ0n) is 12.1. The fourth-order valence-electron chi connectivity index (χ4n) is 2.31. The molecule has 2 aromatic carbocycles. The quantitative estimate of drug-likeness (QED) is 0.855. The lowest BCUT2D eigenvalue weighted by Crippen LogP contribution is -2.24. The van der Waals surface area contributed by atoms with Crippen LogP contribution < -0.4 is 5.32 Å². The Hall–Kier alpha value is -1.81. The van der Waals surface area contributed by atoms with Crippen molar-refractivity contribution in [3.8, 4) is 0 Å². The van der Waals surface area contributed by atoms with Crippen LogP contribution >= 0.6 is 0 Å². The number of benzene rings is 2. The van der Waals surface area contributed by atoms with Crippen LogP contribution in [0.15, 0.2) is 36.4 Å². The van der Waals surface area contributed by atoms with Gasteiger partial charge >= 0.3 is 0 Å². The highest BCUT2D eigenvalue weighted by Crippen LogP contribution is 2.27.